The predicted octanol–water partition coefficient (Wildman–Crippen LogP) is 1.35. The van der Waals surface area contributed by atoms with Crippen molar-refractivity contribution in [3.8, 4) is 23.3 Å². The van der Waals surface area contributed by atoms with Crippen LogP contribution in [-0.2, 0) is 4.79 Å². The van der Waals surface area contributed by atoms with Gasteiger partial charge in [0, 0.05) is 50.6 Å². The van der Waals surface area contributed by atoms with Crippen molar-refractivity contribution in [3.63, 3.8) is 0 Å². The summed E-state index contributed by atoms with van der Waals surface area (Å²) in [4.78, 5) is 25.5. The zero-order valence-electron chi connectivity index (χ0n) is 21.4. The zero-order chi connectivity index (χ0) is 25.8. The lowest BCUT2D eigenvalue weighted by Crippen LogP contribution is -2.43. The molecule has 0 radical (unpaired) electrons. The maximum absolute atomic E-state index is 13.0. The Morgan fingerprint density at radius 2 is 1.86 bits per heavy atom. The molecule has 0 spiro atoms. The largest absolute Gasteiger partial charge is 0.497 e. The molecule has 3 N–H and O–H groups in total. The van der Waals surface area contributed by atoms with Gasteiger partial charge in [0.15, 0.2) is 0 Å². The van der Waals surface area contributed by atoms with Crippen LogP contribution in [0.1, 0.15) is 23.6 Å². The van der Waals surface area contributed by atoms with Crippen molar-refractivity contribution in [2.45, 2.75) is 18.5 Å². The molecule has 190 valence electrons. The fraction of sp³-hybridized carbons (Fsp3) is 0.423. The molecule has 0 unspecified atom stereocenters. The monoisotopic (exact) mass is 491 g/mol. The van der Waals surface area contributed by atoms with Crippen molar-refractivity contribution >= 4 is 22.8 Å². The summed E-state index contributed by atoms with van der Waals surface area (Å²) in [5.41, 5.74) is 8.43. The van der Waals surface area contributed by atoms with Crippen molar-refractivity contribution < 1.29 is 14.3 Å². The van der Waals surface area contributed by atoms with Gasteiger partial charge in [-0.3, -0.25) is 4.79 Å². The molecule has 2 aromatic heterocycles. The van der Waals surface area contributed by atoms with E-state index in [9.17, 15) is 4.79 Å². The molecule has 4 rings (SSSR count). The van der Waals surface area contributed by atoms with Gasteiger partial charge in [0.2, 0.25) is 5.91 Å². The van der Waals surface area contributed by atoms with Crippen LogP contribution in [0.4, 0.5) is 5.82 Å². The number of likely N-dealkylation sites (N-methyl/N-ethyl adjacent to an activating group) is 2. The number of rotatable bonds is 7. The summed E-state index contributed by atoms with van der Waals surface area (Å²) in [6.45, 7) is 2.14. The minimum Gasteiger partial charge on any atom is -0.497 e. The van der Waals surface area contributed by atoms with Crippen LogP contribution in [0.25, 0.3) is 11.0 Å². The standard InChI is InChI=1S/C26H33N7O3/c1-31(2)8-9-32(3)26(34)22-12-19(14-28-22)33-15-18(23-24(27)29-16-30-25(23)33)7-6-17-10-20(35-4)13-21(11-17)36-5/h10-11,13,15-16,19,22,28H,8-9,12,14H2,1-5H3,(H2,27,29,30)/t19-,22-/m0/s1. The van der Waals surface area contributed by atoms with E-state index < -0.39 is 0 Å². The number of nitrogen functional groups attached to an aromatic ring is 1. The van der Waals surface area contributed by atoms with E-state index in [0.717, 1.165) is 17.7 Å². The third-order valence-electron chi connectivity index (χ3n) is 6.39. The van der Waals surface area contributed by atoms with E-state index in [-0.39, 0.29) is 18.0 Å². The van der Waals surface area contributed by atoms with Crippen LogP contribution in [0, 0.1) is 11.8 Å². The molecule has 3 aromatic rings. The van der Waals surface area contributed by atoms with Gasteiger partial charge >= 0.3 is 0 Å². The highest BCUT2D eigenvalue weighted by Crippen LogP contribution is 2.30. The number of ether oxygens (including phenoxy) is 2. The highest BCUT2D eigenvalue weighted by Gasteiger charge is 2.33. The molecule has 0 saturated carbocycles. The maximum Gasteiger partial charge on any atom is 0.239 e. The molecule has 1 aromatic carbocycles. The molecule has 10 nitrogen and oxygen atoms in total. The van der Waals surface area contributed by atoms with E-state index in [0.29, 0.717) is 47.9 Å². The van der Waals surface area contributed by atoms with Gasteiger partial charge in [-0.25, -0.2) is 9.97 Å². The first-order chi connectivity index (χ1) is 17.3. The quantitative estimate of drug-likeness (QED) is 0.477. The molecule has 1 saturated heterocycles. The average molecular weight is 492 g/mol. The molecule has 0 bridgehead atoms. The molecule has 1 fully saturated rings. The minimum atomic E-state index is -0.252. The first-order valence-electron chi connectivity index (χ1n) is 11.8. The normalized spacial score (nSPS) is 17.2. The van der Waals surface area contributed by atoms with Gasteiger partial charge in [-0.1, -0.05) is 11.8 Å². The van der Waals surface area contributed by atoms with Crippen molar-refractivity contribution in [1.82, 2.24) is 29.7 Å². The van der Waals surface area contributed by atoms with E-state index in [2.05, 4.69) is 36.6 Å². The first kappa shape index (κ1) is 25.3. The Bertz CT molecular complexity index is 1290. The highest BCUT2D eigenvalue weighted by molar-refractivity contribution is 5.92. The maximum atomic E-state index is 13.0. The fourth-order valence-electron chi connectivity index (χ4n) is 4.34. The van der Waals surface area contributed by atoms with Crippen LogP contribution >= 0.6 is 0 Å². The summed E-state index contributed by atoms with van der Waals surface area (Å²) in [5.74, 6) is 8.19. The summed E-state index contributed by atoms with van der Waals surface area (Å²) in [5, 5.41) is 4.09. The van der Waals surface area contributed by atoms with Crippen LogP contribution in [0.15, 0.2) is 30.7 Å². The van der Waals surface area contributed by atoms with E-state index in [1.165, 1.54) is 6.33 Å². The Morgan fingerprint density at radius 1 is 1.14 bits per heavy atom. The van der Waals surface area contributed by atoms with Crippen LogP contribution < -0.4 is 20.5 Å². The van der Waals surface area contributed by atoms with Crippen LogP contribution in [0.2, 0.25) is 0 Å². The number of amides is 1. The van der Waals surface area contributed by atoms with Gasteiger partial charge in [0.1, 0.15) is 29.3 Å². The van der Waals surface area contributed by atoms with Crippen LogP contribution in [0.3, 0.4) is 0 Å². The number of hydrogen-bond acceptors (Lipinski definition) is 8. The Morgan fingerprint density at radius 3 is 2.53 bits per heavy atom. The number of methoxy groups -OCH3 is 2. The van der Waals surface area contributed by atoms with Gasteiger partial charge in [0.25, 0.3) is 0 Å². The number of nitrogens with zero attached hydrogens (tertiary/aromatic N) is 5. The molecule has 3 heterocycles. The minimum absolute atomic E-state index is 0.0328. The molecule has 10 heteroatoms. The number of anilines is 1. The zero-order valence-corrected chi connectivity index (χ0v) is 21.4. The Hall–Kier alpha value is -3.81. The van der Waals surface area contributed by atoms with E-state index in [1.54, 1.807) is 25.2 Å². The molecule has 2 atom stereocenters. The number of carbonyl (C=O) groups is 1. The summed E-state index contributed by atoms with van der Waals surface area (Å²) in [6.07, 6.45) is 4.06. The van der Waals surface area contributed by atoms with Gasteiger partial charge < -0.3 is 34.9 Å². The summed E-state index contributed by atoms with van der Waals surface area (Å²) >= 11 is 0. The first-order valence-corrected chi connectivity index (χ1v) is 11.8. The fourth-order valence-corrected chi connectivity index (χ4v) is 4.34. The molecule has 1 aliphatic rings. The topological polar surface area (TPSA) is 111 Å². The lowest BCUT2D eigenvalue weighted by molar-refractivity contribution is -0.131. The van der Waals surface area contributed by atoms with E-state index >= 15 is 0 Å². The third kappa shape index (κ3) is 5.37. The lowest BCUT2D eigenvalue weighted by Gasteiger charge is -2.23. The third-order valence-corrected chi connectivity index (χ3v) is 6.39. The lowest BCUT2D eigenvalue weighted by atomic mass is 10.1. The van der Waals surface area contributed by atoms with Gasteiger partial charge in [-0.15, -0.1) is 0 Å². The second kappa shape index (κ2) is 10.8. The van der Waals surface area contributed by atoms with Crippen LogP contribution in [-0.4, -0.2) is 91.3 Å². The number of nitrogens with one attached hydrogen (secondary N) is 1. The van der Waals surface area contributed by atoms with Crippen molar-refractivity contribution in [2.24, 2.45) is 0 Å². The Labute approximate surface area is 211 Å². The molecule has 36 heavy (non-hydrogen) atoms. The highest BCUT2D eigenvalue weighted by atomic mass is 16.5. The predicted molar refractivity (Wildman–Crippen MR) is 139 cm³/mol. The molecular weight excluding hydrogens is 458 g/mol. The summed E-state index contributed by atoms with van der Waals surface area (Å²) < 4.78 is 12.8. The SMILES string of the molecule is COc1cc(C#Cc2cn([C@@H]3CN[C@H](C(=O)N(C)CCN(C)C)C3)c3ncnc(N)c23)cc(OC)c1. The number of benzene rings is 1. The van der Waals surface area contributed by atoms with Crippen molar-refractivity contribution in [1.29, 1.82) is 0 Å². The Balaban J connectivity index is 1.62. The molecule has 1 amide bonds. The molecule has 0 aliphatic carbocycles. The van der Waals surface area contributed by atoms with Crippen LogP contribution in [0.5, 0.6) is 11.5 Å². The summed E-state index contributed by atoms with van der Waals surface area (Å²) in [7, 11) is 9.05. The second-order valence-corrected chi connectivity index (χ2v) is 9.17. The Kier molecular flexibility index (Phi) is 7.62. The summed E-state index contributed by atoms with van der Waals surface area (Å²) in [6, 6.07) is 5.27. The molecule has 1 aliphatic heterocycles. The number of hydrogen-bond donors (Lipinski definition) is 2. The van der Waals surface area contributed by atoms with Crippen molar-refractivity contribution in [2.75, 3.05) is 60.7 Å². The number of aromatic nitrogens is 3. The number of fused-ring (bicyclic) bond motifs is 1. The van der Waals surface area contributed by atoms with E-state index in [4.69, 9.17) is 15.2 Å². The van der Waals surface area contributed by atoms with Gasteiger partial charge in [0.05, 0.1) is 31.2 Å². The average Bonchev–Trinajstić information content (AvgIpc) is 3.51. The van der Waals surface area contributed by atoms with Gasteiger partial charge in [-0.2, -0.15) is 0 Å². The van der Waals surface area contributed by atoms with Crippen molar-refractivity contribution in [3.05, 3.63) is 41.9 Å². The molecular formula is C26H33N7O3. The second-order valence-electron chi connectivity index (χ2n) is 9.17. The number of nitrogens with two attached hydrogens (primary N) is 1. The smallest absolute Gasteiger partial charge is 0.239 e. The number of carbonyl (C=O) groups excluding carboxylic acids is 1. The van der Waals surface area contributed by atoms with E-state index in [1.807, 2.05) is 39.5 Å². The van der Waals surface area contributed by atoms with Gasteiger partial charge in [-0.05, 0) is 32.6 Å².